The normalized spacial score (nSPS) is 11.5. The predicted molar refractivity (Wildman–Crippen MR) is 179 cm³/mol. The third-order valence-electron chi connectivity index (χ3n) is 6.95. The number of hydrogen-bond acceptors (Lipinski definition) is 11. The number of aromatic nitrogens is 5. The molecule has 0 fully saturated rings. The molecule has 2 aromatic carbocycles. The van der Waals surface area contributed by atoms with Gasteiger partial charge >= 0.3 is 0 Å². The summed E-state index contributed by atoms with van der Waals surface area (Å²) in [4.78, 5) is 22.0. The molecular formula is C33H28ClFN6O4S2. The Morgan fingerprint density at radius 3 is 2.68 bits per heavy atom. The SMILES string of the molecule is O=S(=O)(CCOCCCc1nc(-c2cc3c(Nc4ccc(OCc5cccc(F)c5)c(Cl)c4)ncnc3cn2)cs1)c1ccccn1. The van der Waals surface area contributed by atoms with Crippen LogP contribution in [-0.4, -0.2) is 52.3 Å². The molecule has 47 heavy (non-hydrogen) atoms. The number of benzene rings is 2. The maximum Gasteiger partial charge on any atom is 0.197 e. The van der Waals surface area contributed by atoms with Crippen LogP contribution in [0.4, 0.5) is 15.9 Å². The van der Waals surface area contributed by atoms with E-state index in [9.17, 15) is 12.8 Å². The number of sulfone groups is 1. The van der Waals surface area contributed by atoms with Gasteiger partial charge in [-0.15, -0.1) is 11.3 Å². The van der Waals surface area contributed by atoms with Crippen LogP contribution in [0.5, 0.6) is 5.75 Å². The molecule has 0 amide bonds. The first-order chi connectivity index (χ1) is 22.8. The van der Waals surface area contributed by atoms with Gasteiger partial charge < -0.3 is 14.8 Å². The summed E-state index contributed by atoms with van der Waals surface area (Å²) in [6, 6.07) is 18.2. The van der Waals surface area contributed by atoms with E-state index in [1.165, 1.54) is 42.1 Å². The second kappa shape index (κ2) is 14.9. The van der Waals surface area contributed by atoms with Gasteiger partial charge in [0.1, 0.15) is 30.3 Å². The van der Waals surface area contributed by atoms with Crippen molar-refractivity contribution in [2.45, 2.75) is 24.5 Å². The lowest BCUT2D eigenvalue weighted by Gasteiger charge is -2.12. The summed E-state index contributed by atoms with van der Waals surface area (Å²) in [7, 11) is -3.47. The Balaban J connectivity index is 1.05. The summed E-state index contributed by atoms with van der Waals surface area (Å²) in [6.45, 7) is 0.696. The molecule has 4 aromatic heterocycles. The zero-order valence-corrected chi connectivity index (χ0v) is 27.2. The van der Waals surface area contributed by atoms with Crippen molar-refractivity contribution in [1.29, 1.82) is 0 Å². The smallest absolute Gasteiger partial charge is 0.197 e. The number of hydrogen-bond donors (Lipinski definition) is 1. The zero-order chi connectivity index (χ0) is 32.6. The van der Waals surface area contributed by atoms with Crippen molar-refractivity contribution in [3.8, 4) is 17.1 Å². The number of fused-ring (bicyclic) bond motifs is 1. The fourth-order valence-electron chi connectivity index (χ4n) is 4.59. The Labute approximate surface area is 279 Å². The second-order valence-corrected chi connectivity index (χ2v) is 13.7. The number of halogens is 2. The quantitative estimate of drug-likeness (QED) is 0.118. The summed E-state index contributed by atoms with van der Waals surface area (Å²) in [5.74, 6) is 0.597. The Hall–Kier alpha value is -4.56. The average molecular weight is 691 g/mol. The zero-order valence-electron chi connectivity index (χ0n) is 24.8. The van der Waals surface area contributed by atoms with Gasteiger partial charge in [0.25, 0.3) is 0 Å². The fourth-order valence-corrected chi connectivity index (χ4v) is 6.72. The lowest BCUT2D eigenvalue weighted by molar-refractivity contribution is 0.146. The van der Waals surface area contributed by atoms with Crippen LogP contribution in [0.2, 0.25) is 5.02 Å². The Kier molecular flexibility index (Phi) is 10.3. The van der Waals surface area contributed by atoms with E-state index in [4.69, 9.17) is 26.1 Å². The van der Waals surface area contributed by atoms with E-state index in [0.717, 1.165) is 16.1 Å². The van der Waals surface area contributed by atoms with Crippen molar-refractivity contribution in [1.82, 2.24) is 24.9 Å². The van der Waals surface area contributed by atoms with E-state index >= 15 is 0 Å². The molecule has 6 aromatic rings. The highest BCUT2D eigenvalue weighted by Crippen LogP contribution is 2.32. The molecule has 10 nitrogen and oxygen atoms in total. The van der Waals surface area contributed by atoms with Crippen molar-refractivity contribution >= 4 is 55.2 Å². The molecular weight excluding hydrogens is 663 g/mol. The molecule has 0 aliphatic heterocycles. The highest BCUT2D eigenvalue weighted by molar-refractivity contribution is 7.91. The number of thiazole rings is 1. The van der Waals surface area contributed by atoms with E-state index < -0.39 is 9.84 Å². The predicted octanol–water partition coefficient (Wildman–Crippen LogP) is 7.08. The highest BCUT2D eigenvalue weighted by Gasteiger charge is 2.15. The van der Waals surface area contributed by atoms with Crippen LogP contribution < -0.4 is 10.1 Å². The lowest BCUT2D eigenvalue weighted by atomic mass is 10.2. The largest absolute Gasteiger partial charge is 0.487 e. The van der Waals surface area contributed by atoms with Gasteiger partial charge in [0, 0.05) is 35.7 Å². The number of aryl methyl sites for hydroxylation is 1. The Morgan fingerprint density at radius 2 is 1.85 bits per heavy atom. The van der Waals surface area contributed by atoms with E-state index in [0.29, 0.717) is 58.5 Å². The summed E-state index contributed by atoms with van der Waals surface area (Å²) in [6.07, 6.45) is 5.98. The van der Waals surface area contributed by atoms with E-state index in [2.05, 4.69) is 25.3 Å². The second-order valence-electron chi connectivity index (χ2n) is 10.3. The number of nitrogens with one attached hydrogen (secondary N) is 1. The van der Waals surface area contributed by atoms with Gasteiger partial charge in [0.2, 0.25) is 0 Å². The van der Waals surface area contributed by atoms with Gasteiger partial charge in [0.15, 0.2) is 14.9 Å². The van der Waals surface area contributed by atoms with Crippen molar-refractivity contribution in [2.75, 3.05) is 24.3 Å². The van der Waals surface area contributed by atoms with Crippen LogP contribution in [0.15, 0.2) is 95.9 Å². The minimum Gasteiger partial charge on any atom is -0.487 e. The van der Waals surface area contributed by atoms with Crippen LogP contribution in [-0.2, 0) is 27.6 Å². The van der Waals surface area contributed by atoms with Crippen molar-refractivity contribution in [3.05, 3.63) is 112 Å². The monoisotopic (exact) mass is 690 g/mol. The molecule has 0 spiro atoms. The van der Waals surface area contributed by atoms with Gasteiger partial charge in [-0.3, -0.25) is 4.98 Å². The first kappa shape index (κ1) is 32.4. The number of rotatable bonds is 14. The average Bonchev–Trinajstić information content (AvgIpc) is 3.55. The Bertz CT molecular complexity index is 2100. The fraction of sp³-hybridized carbons (Fsp3) is 0.182. The Morgan fingerprint density at radius 1 is 0.936 bits per heavy atom. The third-order valence-corrected chi connectivity index (χ3v) is 9.73. The van der Waals surface area contributed by atoms with Crippen molar-refractivity contribution < 1.29 is 22.3 Å². The maximum atomic E-state index is 13.5. The molecule has 14 heteroatoms. The number of ether oxygens (including phenoxy) is 2. The molecule has 0 saturated heterocycles. The van der Waals surface area contributed by atoms with Gasteiger partial charge in [0.05, 0.1) is 45.5 Å². The third kappa shape index (κ3) is 8.43. The minimum absolute atomic E-state index is 0.0550. The lowest BCUT2D eigenvalue weighted by Crippen LogP contribution is -2.14. The molecule has 6 rings (SSSR count). The van der Waals surface area contributed by atoms with Gasteiger partial charge in [-0.1, -0.05) is 29.8 Å². The molecule has 0 unspecified atom stereocenters. The molecule has 0 aliphatic carbocycles. The minimum atomic E-state index is -3.47. The number of nitrogens with zero attached hydrogens (tertiary/aromatic N) is 5. The standard InChI is InChI=1S/C33H28ClFN6O4S2/c34-26-16-24(9-10-30(26)45-19-22-5-3-6-23(35)15-22)40-33-25-17-27(37-18-28(25)38-21-39-33)29-20-46-31(41-29)7-4-12-44-13-14-47(42,43)32-8-1-2-11-36-32/h1-3,5-6,8-11,15-18,20-21H,4,7,12-14,19H2,(H,38,39,40). The van der Waals surface area contributed by atoms with Gasteiger partial charge in [-0.05, 0) is 60.5 Å². The molecule has 4 heterocycles. The molecule has 0 atom stereocenters. The summed E-state index contributed by atoms with van der Waals surface area (Å²) in [5.41, 5.74) is 3.45. The summed E-state index contributed by atoms with van der Waals surface area (Å²) in [5, 5.41) is 7.37. The van der Waals surface area contributed by atoms with Gasteiger partial charge in [-0.2, -0.15) is 0 Å². The van der Waals surface area contributed by atoms with Crippen LogP contribution in [0.25, 0.3) is 22.3 Å². The summed E-state index contributed by atoms with van der Waals surface area (Å²) >= 11 is 8.02. The molecule has 0 saturated carbocycles. The van der Waals surface area contributed by atoms with E-state index in [1.54, 1.807) is 42.6 Å². The summed E-state index contributed by atoms with van der Waals surface area (Å²) < 4.78 is 49.5. The molecule has 0 radical (unpaired) electrons. The van der Waals surface area contributed by atoms with Crippen molar-refractivity contribution in [3.63, 3.8) is 0 Å². The highest BCUT2D eigenvalue weighted by atomic mass is 35.5. The number of pyridine rings is 2. The molecule has 1 N–H and O–H groups in total. The van der Waals surface area contributed by atoms with E-state index in [-0.39, 0.29) is 29.8 Å². The van der Waals surface area contributed by atoms with Crippen LogP contribution >= 0.6 is 22.9 Å². The van der Waals surface area contributed by atoms with E-state index in [1.807, 2.05) is 17.5 Å². The first-order valence-corrected chi connectivity index (χ1v) is 17.5. The molecule has 0 aliphatic rings. The molecule has 240 valence electrons. The topological polar surface area (TPSA) is 129 Å². The van der Waals surface area contributed by atoms with Crippen LogP contribution in [0.3, 0.4) is 0 Å². The maximum absolute atomic E-state index is 13.5. The van der Waals surface area contributed by atoms with Gasteiger partial charge in [-0.25, -0.2) is 32.7 Å². The van der Waals surface area contributed by atoms with Crippen LogP contribution in [0, 0.1) is 5.82 Å². The number of anilines is 2. The molecule has 0 bridgehead atoms. The first-order valence-electron chi connectivity index (χ1n) is 14.5. The van der Waals surface area contributed by atoms with Crippen molar-refractivity contribution in [2.24, 2.45) is 0 Å². The van der Waals surface area contributed by atoms with Crippen LogP contribution in [0.1, 0.15) is 17.0 Å².